The van der Waals surface area contributed by atoms with E-state index < -0.39 is 0 Å². The minimum atomic E-state index is 0. The zero-order valence-electron chi connectivity index (χ0n) is 17.2. The van der Waals surface area contributed by atoms with Crippen LogP contribution in [0.5, 0.6) is 0 Å². The van der Waals surface area contributed by atoms with Crippen LogP contribution >= 0.6 is 24.0 Å². The number of benzene rings is 1. The summed E-state index contributed by atoms with van der Waals surface area (Å²) in [6, 6.07) is 12.1. The number of halogens is 1. The van der Waals surface area contributed by atoms with Crippen LogP contribution in [0.4, 0.5) is 5.95 Å². The third-order valence-corrected chi connectivity index (χ3v) is 4.75. The van der Waals surface area contributed by atoms with Gasteiger partial charge in [-0.05, 0) is 17.5 Å². The van der Waals surface area contributed by atoms with E-state index in [1.54, 1.807) is 12.4 Å². The molecule has 1 fully saturated rings. The first-order chi connectivity index (χ1) is 13.8. The van der Waals surface area contributed by atoms with E-state index in [4.69, 9.17) is 4.74 Å². The van der Waals surface area contributed by atoms with Gasteiger partial charge in [-0.1, -0.05) is 37.3 Å². The highest BCUT2D eigenvalue weighted by molar-refractivity contribution is 14.0. The molecular weight excluding hydrogens is 479 g/mol. The maximum atomic E-state index is 5.84. The third-order valence-electron chi connectivity index (χ3n) is 4.75. The summed E-state index contributed by atoms with van der Waals surface area (Å²) >= 11 is 0. The summed E-state index contributed by atoms with van der Waals surface area (Å²) in [5.41, 5.74) is 1.21. The van der Waals surface area contributed by atoms with Crippen LogP contribution < -0.4 is 10.2 Å². The highest BCUT2D eigenvalue weighted by Gasteiger charge is 2.21. The number of nitrogens with zero attached hydrogens (tertiary/aromatic N) is 5. The van der Waals surface area contributed by atoms with Crippen molar-refractivity contribution in [3.8, 4) is 0 Å². The maximum absolute atomic E-state index is 5.84. The third kappa shape index (κ3) is 7.43. The van der Waals surface area contributed by atoms with Crippen molar-refractivity contribution >= 4 is 35.9 Å². The predicted octanol–water partition coefficient (Wildman–Crippen LogP) is 2.64. The number of anilines is 1. The lowest BCUT2D eigenvalue weighted by atomic mass is 10.2. The molecule has 1 aromatic carbocycles. The second-order valence-electron chi connectivity index (χ2n) is 7.06. The SMILES string of the molecule is CN=C(NCC(C)COCc1ccccc1)N1CCN(c2ncccn2)CC1.I. The van der Waals surface area contributed by atoms with Crippen molar-refractivity contribution < 1.29 is 4.74 Å². The molecule has 0 saturated carbocycles. The lowest BCUT2D eigenvalue weighted by Gasteiger charge is -2.36. The highest BCUT2D eigenvalue weighted by atomic mass is 127. The van der Waals surface area contributed by atoms with E-state index in [0.29, 0.717) is 12.5 Å². The summed E-state index contributed by atoms with van der Waals surface area (Å²) in [4.78, 5) is 17.6. The first-order valence-corrected chi connectivity index (χ1v) is 9.85. The topological polar surface area (TPSA) is 65.9 Å². The Kier molecular flexibility index (Phi) is 10.1. The monoisotopic (exact) mass is 510 g/mol. The number of rotatable bonds is 7. The molecule has 1 N–H and O–H groups in total. The zero-order valence-corrected chi connectivity index (χ0v) is 19.5. The Morgan fingerprint density at radius 2 is 1.79 bits per heavy atom. The molecule has 1 unspecified atom stereocenters. The molecule has 3 rings (SSSR count). The molecule has 1 saturated heterocycles. The fourth-order valence-electron chi connectivity index (χ4n) is 3.18. The molecule has 0 aliphatic carbocycles. The van der Waals surface area contributed by atoms with Crippen LogP contribution in [0, 0.1) is 5.92 Å². The summed E-state index contributed by atoms with van der Waals surface area (Å²) in [6.45, 7) is 7.98. The van der Waals surface area contributed by atoms with E-state index in [1.807, 2.05) is 31.3 Å². The van der Waals surface area contributed by atoms with Gasteiger partial charge in [0.05, 0.1) is 13.2 Å². The zero-order chi connectivity index (χ0) is 19.6. The van der Waals surface area contributed by atoms with Crippen molar-refractivity contribution in [1.29, 1.82) is 0 Å². The molecule has 2 heterocycles. The van der Waals surface area contributed by atoms with Gasteiger partial charge >= 0.3 is 0 Å². The van der Waals surface area contributed by atoms with Gasteiger partial charge in [0.25, 0.3) is 0 Å². The van der Waals surface area contributed by atoms with E-state index in [2.05, 4.69) is 49.1 Å². The van der Waals surface area contributed by atoms with Crippen molar-refractivity contribution in [3.05, 3.63) is 54.4 Å². The van der Waals surface area contributed by atoms with Crippen molar-refractivity contribution in [2.45, 2.75) is 13.5 Å². The molecule has 1 aromatic heterocycles. The molecule has 0 radical (unpaired) electrons. The minimum absolute atomic E-state index is 0. The number of hydrogen-bond donors (Lipinski definition) is 1. The predicted molar refractivity (Wildman–Crippen MR) is 128 cm³/mol. The average Bonchev–Trinajstić information content (AvgIpc) is 2.76. The van der Waals surface area contributed by atoms with E-state index >= 15 is 0 Å². The number of piperazine rings is 1. The Balaban J connectivity index is 0.00000300. The molecule has 8 heteroatoms. The molecular formula is C21H31IN6O. The molecule has 0 bridgehead atoms. The van der Waals surface area contributed by atoms with E-state index in [9.17, 15) is 0 Å². The van der Waals surface area contributed by atoms with Gasteiger partial charge in [-0.15, -0.1) is 24.0 Å². The highest BCUT2D eigenvalue weighted by Crippen LogP contribution is 2.10. The number of hydrogen-bond acceptors (Lipinski definition) is 5. The lowest BCUT2D eigenvalue weighted by Crippen LogP contribution is -2.53. The molecule has 0 spiro atoms. The average molecular weight is 510 g/mol. The van der Waals surface area contributed by atoms with Gasteiger partial charge in [-0.25, -0.2) is 9.97 Å². The number of aliphatic imine (C=N–C) groups is 1. The molecule has 7 nitrogen and oxygen atoms in total. The number of aromatic nitrogens is 2. The van der Waals surface area contributed by atoms with Crippen molar-refractivity contribution in [3.63, 3.8) is 0 Å². The second kappa shape index (κ2) is 12.6. The fourth-order valence-corrected chi connectivity index (χ4v) is 3.18. The summed E-state index contributed by atoms with van der Waals surface area (Å²) in [7, 11) is 1.84. The smallest absolute Gasteiger partial charge is 0.225 e. The Morgan fingerprint density at radius 3 is 2.45 bits per heavy atom. The minimum Gasteiger partial charge on any atom is -0.376 e. The molecule has 1 aliphatic heterocycles. The summed E-state index contributed by atoms with van der Waals surface area (Å²) in [5, 5.41) is 3.49. The quantitative estimate of drug-likeness (QED) is 0.351. The molecule has 1 aliphatic rings. The van der Waals surface area contributed by atoms with Crippen molar-refractivity contribution in [1.82, 2.24) is 20.2 Å². The summed E-state index contributed by atoms with van der Waals surface area (Å²) < 4.78 is 5.84. The molecule has 0 amide bonds. The van der Waals surface area contributed by atoms with E-state index in [-0.39, 0.29) is 24.0 Å². The number of nitrogens with one attached hydrogen (secondary N) is 1. The van der Waals surface area contributed by atoms with Crippen LogP contribution in [0.1, 0.15) is 12.5 Å². The van der Waals surface area contributed by atoms with E-state index in [1.165, 1.54) is 5.56 Å². The van der Waals surface area contributed by atoms with E-state index in [0.717, 1.165) is 51.2 Å². The van der Waals surface area contributed by atoms with Gasteiger partial charge in [0.1, 0.15) is 0 Å². The Morgan fingerprint density at radius 1 is 1.10 bits per heavy atom. The Labute approximate surface area is 190 Å². The van der Waals surface area contributed by atoms with Gasteiger partial charge in [0, 0.05) is 52.2 Å². The maximum Gasteiger partial charge on any atom is 0.225 e. The van der Waals surface area contributed by atoms with Crippen LogP contribution in [0.15, 0.2) is 53.8 Å². The summed E-state index contributed by atoms with van der Waals surface area (Å²) in [6.07, 6.45) is 3.58. The second-order valence-corrected chi connectivity index (χ2v) is 7.06. The number of guanidine groups is 1. The molecule has 1 atom stereocenters. The first-order valence-electron chi connectivity index (χ1n) is 9.85. The normalized spacial score (nSPS) is 15.6. The molecule has 2 aromatic rings. The fraction of sp³-hybridized carbons (Fsp3) is 0.476. The van der Waals surface area contributed by atoms with Gasteiger partial charge in [0.2, 0.25) is 5.95 Å². The summed E-state index contributed by atoms with van der Waals surface area (Å²) in [5.74, 6) is 2.15. The van der Waals surface area contributed by atoms with Crippen molar-refractivity contribution in [2.24, 2.45) is 10.9 Å². The molecule has 158 valence electrons. The Bertz CT molecular complexity index is 722. The van der Waals surface area contributed by atoms with Crippen LogP contribution in [0.3, 0.4) is 0 Å². The largest absolute Gasteiger partial charge is 0.376 e. The Hall–Kier alpha value is -1.94. The van der Waals surface area contributed by atoms with Crippen LogP contribution in [-0.2, 0) is 11.3 Å². The van der Waals surface area contributed by atoms with Crippen LogP contribution in [-0.4, -0.2) is 67.2 Å². The van der Waals surface area contributed by atoms with Crippen LogP contribution in [0.2, 0.25) is 0 Å². The lowest BCUT2D eigenvalue weighted by molar-refractivity contribution is 0.0929. The van der Waals surface area contributed by atoms with Gasteiger partial charge in [0.15, 0.2) is 5.96 Å². The standard InChI is InChI=1S/C21H30N6O.HI/c1-18(16-28-17-19-7-4-3-5-8-19)15-25-20(22-2)26-11-13-27(14-12-26)21-23-9-6-10-24-21;/h3-10,18H,11-17H2,1-2H3,(H,22,25);1H. The number of ether oxygens (including phenoxy) is 1. The van der Waals surface area contributed by atoms with Gasteiger partial charge in [-0.3, -0.25) is 4.99 Å². The van der Waals surface area contributed by atoms with Gasteiger partial charge < -0.3 is 19.9 Å². The van der Waals surface area contributed by atoms with Crippen LogP contribution in [0.25, 0.3) is 0 Å². The van der Waals surface area contributed by atoms with Gasteiger partial charge in [-0.2, -0.15) is 0 Å². The molecule has 29 heavy (non-hydrogen) atoms. The van der Waals surface area contributed by atoms with Crippen molar-refractivity contribution in [2.75, 3.05) is 51.3 Å². The first kappa shape index (κ1) is 23.3.